The van der Waals surface area contributed by atoms with Gasteiger partial charge in [0.1, 0.15) is 18.5 Å². The van der Waals surface area contributed by atoms with E-state index in [1.54, 1.807) is 25.3 Å². The summed E-state index contributed by atoms with van der Waals surface area (Å²) in [5.74, 6) is 1.39. The van der Waals surface area contributed by atoms with Crippen molar-refractivity contribution in [2.45, 2.75) is 70.2 Å². The minimum absolute atomic E-state index is 0.0548. The zero-order chi connectivity index (χ0) is 27.1. The van der Waals surface area contributed by atoms with Crippen LogP contribution in [0, 0.1) is 0 Å². The number of alkyl halides is 1. The van der Waals surface area contributed by atoms with Crippen LogP contribution in [-0.2, 0) is 9.59 Å². The number of carbonyl (C=O) groups excluding carboxylic acids is 2. The highest BCUT2D eigenvalue weighted by molar-refractivity contribution is 6.27. The summed E-state index contributed by atoms with van der Waals surface area (Å²) in [7, 11) is 1.55. The molecule has 2 aromatic rings. The molecule has 2 atom stereocenters. The fourth-order valence-electron chi connectivity index (χ4n) is 5.01. The number of para-hydroxylation sites is 2. The number of nitrogens with zero attached hydrogens (tertiary/aromatic N) is 1. The number of methoxy groups -OCH3 is 1. The third kappa shape index (κ3) is 6.84. The number of ether oxygens (including phenoxy) is 4. The van der Waals surface area contributed by atoms with Crippen molar-refractivity contribution in [3.63, 3.8) is 0 Å². The maximum Gasteiger partial charge on any atom is 0.247 e. The summed E-state index contributed by atoms with van der Waals surface area (Å²) in [5.41, 5.74) is 0.599. The summed E-state index contributed by atoms with van der Waals surface area (Å²) in [6.07, 6.45) is 4.62. The van der Waals surface area contributed by atoms with Gasteiger partial charge in [-0.2, -0.15) is 0 Å². The predicted molar refractivity (Wildman–Crippen MR) is 145 cm³/mol. The van der Waals surface area contributed by atoms with E-state index in [1.807, 2.05) is 38.1 Å². The van der Waals surface area contributed by atoms with Gasteiger partial charge in [-0.1, -0.05) is 37.5 Å². The maximum absolute atomic E-state index is 13.9. The highest BCUT2D eigenvalue weighted by atomic mass is 35.5. The van der Waals surface area contributed by atoms with Gasteiger partial charge >= 0.3 is 0 Å². The van der Waals surface area contributed by atoms with Crippen LogP contribution in [0.15, 0.2) is 42.5 Å². The van der Waals surface area contributed by atoms with Crippen LogP contribution in [0.4, 0.5) is 0 Å². The number of benzene rings is 2. The first-order valence-corrected chi connectivity index (χ1v) is 13.8. The highest BCUT2D eigenvalue weighted by Crippen LogP contribution is 2.35. The Balaban J connectivity index is 1.66. The normalized spacial score (nSPS) is 18.0. The van der Waals surface area contributed by atoms with Gasteiger partial charge in [-0.15, -0.1) is 11.6 Å². The van der Waals surface area contributed by atoms with Crippen molar-refractivity contribution in [1.82, 2.24) is 10.2 Å². The van der Waals surface area contributed by atoms with Crippen molar-refractivity contribution in [3.05, 3.63) is 48.0 Å². The Morgan fingerprint density at radius 1 is 1.08 bits per heavy atom. The van der Waals surface area contributed by atoms with Crippen molar-refractivity contribution in [2.24, 2.45) is 0 Å². The molecule has 0 spiro atoms. The third-order valence-corrected chi connectivity index (χ3v) is 7.01. The largest absolute Gasteiger partial charge is 0.493 e. The molecule has 1 heterocycles. The van der Waals surface area contributed by atoms with Gasteiger partial charge in [-0.3, -0.25) is 9.59 Å². The summed E-state index contributed by atoms with van der Waals surface area (Å²) >= 11 is 6.07. The van der Waals surface area contributed by atoms with Crippen molar-refractivity contribution < 1.29 is 28.5 Å². The number of carbonyl (C=O) groups is 2. The Morgan fingerprint density at radius 2 is 1.82 bits per heavy atom. The molecule has 2 unspecified atom stereocenters. The molecular weight excluding hydrogens is 508 g/mol. The van der Waals surface area contributed by atoms with Crippen LogP contribution in [0.5, 0.6) is 23.0 Å². The first-order valence-electron chi connectivity index (χ1n) is 13.3. The van der Waals surface area contributed by atoms with E-state index in [0.717, 1.165) is 25.7 Å². The highest BCUT2D eigenvalue weighted by Gasteiger charge is 2.36. The van der Waals surface area contributed by atoms with Crippen LogP contribution in [0.1, 0.15) is 57.6 Å². The van der Waals surface area contributed by atoms with Gasteiger partial charge < -0.3 is 29.2 Å². The monoisotopic (exact) mass is 544 g/mol. The van der Waals surface area contributed by atoms with E-state index >= 15 is 0 Å². The van der Waals surface area contributed by atoms with Crippen molar-refractivity contribution in [1.29, 1.82) is 0 Å². The van der Waals surface area contributed by atoms with Crippen molar-refractivity contribution in [3.8, 4) is 23.0 Å². The Kier molecular flexibility index (Phi) is 9.61. The zero-order valence-electron chi connectivity index (χ0n) is 22.3. The van der Waals surface area contributed by atoms with E-state index in [4.69, 9.17) is 30.5 Å². The Hall–Kier alpha value is -3.13. The molecule has 1 N–H and O–H groups in total. The molecule has 2 aromatic carbocycles. The van der Waals surface area contributed by atoms with Gasteiger partial charge in [-0.05, 0) is 56.5 Å². The Labute approximate surface area is 229 Å². The first kappa shape index (κ1) is 27.9. The lowest BCUT2D eigenvalue weighted by Gasteiger charge is -2.36. The molecule has 206 valence electrons. The second kappa shape index (κ2) is 13.1. The van der Waals surface area contributed by atoms with Crippen LogP contribution < -0.4 is 24.3 Å². The summed E-state index contributed by atoms with van der Waals surface area (Å²) in [6, 6.07) is 11.8. The van der Waals surface area contributed by atoms with Gasteiger partial charge in [0, 0.05) is 6.04 Å². The topological polar surface area (TPSA) is 86.3 Å². The molecule has 1 aliphatic carbocycles. The summed E-state index contributed by atoms with van der Waals surface area (Å²) in [5, 5.41) is 3.19. The number of nitrogens with one attached hydrogen (secondary N) is 1. The number of hydrogen-bond donors (Lipinski definition) is 1. The fraction of sp³-hybridized carbons (Fsp3) is 0.517. The molecule has 1 aliphatic heterocycles. The Bertz CT molecular complexity index is 1100. The molecule has 0 radical (unpaired) electrons. The lowest BCUT2D eigenvalue weighted by Crippen LogP contribution is -2.51. The molecule has 9 heteroatoms. The van der Waals surface area contributed by atoms with Gasteiger partial charge in [0.2, 0.25) is 11.8 Å². The molecule has 0 bridgehead atoms. The van der Waals surface area contributed by atoms with Gasteiger partial charge in [0.05, 0.1) is 19.8 Å². The number of fused-ring (bicyclic) bond motifs is 1. The number of halogens is 1. The quantitative estimate of drug-likeness (QED) is 0.429. The molecule has 0 aromatic heterocycles. The third-order valence-electron chi connectivity index (χ3n) is 6.78. The van der Waals surface area contributed by atoms with Gasteiger partial charge in [0.15, 0.2) is 29.1 Å². The number of rotatable bonds is 10. The minimum Gasteiger partial charge on any atom is -0.493 e. The van der Waals surface area contributed by atoms with Crippen molar-refractivity contribution >= 4 is 23.4 Å². The molecule has 2 amide bonds. The van der Waals surface area contributed by atoms with Crippen LogP contribution in [-0.4, -0.2) is 61.1 Å². The van der Waals surface area contributed by atoms with Gasteiger partial charge in [0.25, 0.3) is 0 Å². The predicted octanol–water partition coefficient (Wildman–Crippen LogP) is 4.88. The zero-order valence-corrected chi connectivity index (χ0v) is 23.0. The minimum atomic E-state index is -0.939. The van der Waals surface area contributed by atoms with Crippen LogP contribution in [0.25, 0.3) is 0 Å². The van der Waals surface area contributed by atoms with E-state index in [2.05, 4.69) is 5.32 Å². The van der Waals surface area contributed by atoms with Crippen LogP contribution in [0.3, 0.4) is 0 Å². The number of amides is 2. The number of hydrogen-bond acceptors (Lipinski definition) is 6. The van der Waals surface area contributed by atoms with E-state index in [9.17, 15) is 9.59 Å². The Morgan fingerprint density at radius 3 is 2.50 bits per heavy atom. The van der Waals surface area contributed by atoms with Gasteiger partial charge in [-0.25, -0.2) is 0 Å². The second-order valence-corrected chi connectivity index (χ2v) is 10.3. The lowest BCUT2D eigenvalue weighted by molar-refractivity contribution is -0.141. The van der Waals surface area contributed by atoms with E-state index in [-0.39, 0.29) is 43.0 Å². The standard InChI is InChI=1S/C29H37ClN2O6/c1-19(2)37-25-14-13-20(15-26(25)35-3)28(29(34)31-21-9-5-4-6-10-21)32(27(33)16-30)17-22-18-36-23-11-7-8-12-24(23)38-22/h7-8,11-15,19,21-22,28H,4-6,9-10,16-18H2,1-3H3,(H,31,34). The van der Waals surface area contributed by atoms with E-state index in [1.165, 1.54) is 11.3 Å². The molecule has 1 fully saturated rings. The van der Waals surface area contributed by atoms with Crippen molar-refractivity contribution in [2.75, 3.05) is 26.1 Å². The second-order valence-electron chi connectivity index (χ2n) is 10.0. The molecule has 4 rings (SSSR count). The first-order chi connectivity index (χ1) is 18.4. The van der Waals surface area contributed by atoms with Crippen LogP contribution >= 0.6 is 11.6 Å². The molecule has 0 saturated heterocycles. The summed E-state index contributed by atoms with van der Waals surface area (Å²) in [4.78, 5) is 28.6. The summed E-state index contributed by atoms with van der Waals surface area (Å²) < 4.78 is 23.5. The molecule has 8 nitrogen and oxygen atoms in total. The molecule has 2 aliphatic rings. The van der Waals surface area contributed by atoms with E-state index in [0.29, 0.717) is 28.6 Å². The average molecular weight is 545 g/mol. The van der Waals surface area contributed by atoms with E-state index < -0.39 is 12.1 Å². The molecule has 1 saturated carbocycles. The smallest absolute Gasteiger partial charge is 0.247 e. The average Bonchev–Trinajstić information content (AvgIpc) is 2.93. The maximum atomic E-state index is 13.9. The fourth-order valence-corrected chi connectivity index (χ4v) is 5.16. The molecular formula is C29H37ClN2O6. The summed E-state index contributed by atoms with van der Waals surface area (Å²) in [6.45, 7) is 4.22. The van der Waals surface area contributed by atoms with Crippen LogP contribution in [0.2, 0.25) is 0 Å². The lowest BCUT2D eigenvalue weighted by atomic mass is 9.94. The molecule has 38 heavy (non-hydrogen) atoms. The SMILES string of the molecule is COc1cc(C(C(=O)NC2CCCCC2)N(CC2COc3ccccc3O2)C(=O)CCl)ccc1OC(C)C.